The van der Waals surface area contributed by atoms with Gasteiger partial charge in [-0.1, -0.05) is 20.3 Å². The number of aldehydes is 1. The molecule has 1 atom stereocenters. The van der Waals surface area contributed by atoms with Crippen LogP contribution in [-0.2, 0) is 6.54 Å². The molecule has 2 nitrogen and oxygen atoms in total. The maximum absolute atomic E-state index is 10.4. The van der Waals surface area contributed by atoms with Crippen molar-refractivity contribution in [1.82, 2.24) is 4.57 Å². The summed E-state index contributed by atoms with van der Waals surface area (Å²) in [5.41, 5.74) is 0.762. The third-order valence-corrected chi connectivity index (χ3v) is 2.13. The van der Waals surface area contributed by atoms with E-state index in [1.54, 1.807) is 0 Å². The molecule has 12 heavy (non-hydrogen) atoms. The quantitative estimate of drug-likeness (QED) is 0.628. The molecule has 0 saturated heterocycles. The Morgan fingerprint density at radius 1 is 1.67 bits per heavy atom. The summed E-state index contributed by atoms with van der Waals surface area (Å²) < 4.78 is 2.07. The maximum atomic E-state index is 10.4. The van der Waals surface area contributed by atoms with Gasteiger partial charge in [0, 0.05) is 24.5 Å². The molecule has 0 amide bonds. The topological polar surface area (TPSA) is 22.0 Å². The zero-order valence-corrected chi connectivity index (χ0v) is 7.66. The summed E-state index contributed by atoms with van der Waals surface area (Å²) in [5, 5.41) is 0. The Balaban J connectivity index is 2.57. The molecule has 1 rings (SSSR count). The van der Waals surface area contributed by atoms with Crippen molar-refractivity contribution < 1.29 is 4.79 Å². The molecule has 0 N–H and O–H groups in total. The van der Waals surface area contributed by atoms with Crippen LogP contribution < -0.4 is 0 Å². The molecule has 0 fully saturated rings. The van der Waals surface area contributed by atoms with Gasteiger partial charge in [0.25, 0.3) is 0 Å². The van der Waals surface area contributed by atoms with Crippen LogP contribution in [0, 0.1) is 5.92 Å². The Kier molecular flexibility index (Phi) is 3.09. The summed E-state index contributed by atoms with van der Waals surface area (Å²) in [7, 11) is 0. The molecule has 0 aromatic carbocycles. The molecule has 0 bridgehead atoms. The van der Waals surface area contributed by atoms with Crippen LogP contribution in [0.2, 0.25) is 0 Å². The summed E-state index contributed by atoms with van der Waals surface area (Å²) in [5.74, 6) is 0.678. The van der Waals surface area contributed by atoms with E-state index >= 15 is 0 Å². The largest absolute Gasteiger partial charge is 0.353 e. The second-order valence-electron chi connectivity index (χ2n) is 3.27. The fraction of sp³-hybridized carbons (Fsp3) is 0.500. The minimum Gasteiger partial charge on any atom is -0.353 e. The fourth-order valence-corrected chi connectivity index (χ4v) is 1.13. The van der Waals surface area contributed by atoms with E-state index in [4.69, 9.17) is 0 Å². The molecule has 0 spiro atoms. The number of nitrogens with zero attached hydrogens (tertiary/aromatic N) is 1. The van der Waals surface area contributed by atoms with Crippen molar-refractivity contribution in [1.29, 1.82) is 0 Å². The Labute approximate surface area is 73.2 Å². The molecule has 0 saturated carbocycles. The van der Waals surface area contributed by atoms with E-state index in [1.807, 2.05) is 18.5 Å². The van der Waals surface area contributed by atoms with Crippen LogP contribution in [0.5, 0.6) is 0 Å². The lowest BCUT2D eigenvalue weighted by molar-refractivity contribution is 0.112. The van der Waals surface area contributed by atoms with Crippen molar-refractivity contribution in [3.8, 4) is 0 Å². The average Bonchev–Trinajstić information content (AvgIpc) is 2.52. The van der Waals surface area contributed by atoms with Crippen LogP contribution in [0.15, 0.2) is 18.5 Å². The Morgan fingerprint density at radius 2 is 2.42 bits per heavy atom. The van der Waals surface area contributed by atoms with Gasteiger partial charge in [-0.25, -0.2) is 0 Å². The third-order valence-electron chi connectivity index (χ3n) is 2.13. The fourth-order valence-electron chi connectivity index (χ4n) is 1.13. The first kappa shape index (κ1) is 9.04. The minimum absolute atomic E-state index is 0.678. The highest BCUT2D eigenvalue weighted by Gasteiger charge is 2.00. The van der Waals surface area contributed by atoms with Gasteiger partial charge < -0.3 is 4.57 Å². The molecule has 0 radical (unpaired) electrons. The van der Waals surface area contributed by atoms with E-state index in [1.165, 1.54) is 6.42 Å². The Hall–Kier alpha value is -1.05. The number of hydrogen-bond donors (Lipinski definition) is 0. The summed E-state index contributed by atoms with van der Waals surface area (Å²) in [6.07, 6.45) is 5.90. The van der Waals surface area contributed by atoms with Gasteiger partial charge in [0.2, 0.25) is 0 Å². The molecule has 2 heteroatoms. The van der Waals surface area contributed by atoms with E-state index < -0.39 is 0 Å². The van der Waals surface area contributed by atoms with Gasteiger partial charge in [0.15, 0.2) is 6.29 Å². The summed E-state index contributed by atoms with van der Waals surface area (Å²) in [6.45, 7) is 5.39. The zero-order chi connectivity index (χ0) is 8.97. The second kappa shape index (κ2) is 4.10. The van der Waals surface area contributed by atoms with Crippen molar-refractivity contribution in [3.05, 3.63) is 24.0 Å². The van der Waals surface area contributed by atoms with Gasteiger partial charge in [-0.2, -0.15) is 0 Å². The second-order valence-corrected chi connectivity index (χ2v) is 3.27. The van der Waals surface area contributed by atoms with Gasteiger partial charge >= 0.3 is 0 Å². The van der Waals surface area contributed by atoms with Gasteiger partial charge in [0.05, 0.1) is 0 Å². The lowest BCUT2D eigenvalue weighted by atomic mass is 10.1. The molecule has 0 unspecified atom stereocenters. The normalized spacial score (nSPS) is 12.8. The van der Waals surface area contributed by atoms with E-state index in [0.29, 0.717) is 5.92 Å². The SMILES string of the molecule is CC[C@H](C)Cn1ccc(C=O)c1. The third kappa shape index (κ3) is 2.22. The van der Waals surface area contributed by atoms with Gasteiger partial charge in [-0.05, 0) is 12.0 Å². The highest BCUT2D eigenvalue weighted by molar-refractivity contribution is 5.74. The first-order valence-corrected chi connectivity index (χ1v) is 4.37. The predicted molar refractivity (Wildman–Crippen MR) is 49.3 cm³/mol. The molecule has 66 valence electrons. The summed E-state index contributed by atoms with van der Waals surface area (Å²) in [4.78, 5) is 10.4. The van der Waals surface area contributed by atoms with Gasteiger partial charge in [-0.15, -0.1) is 0 Å². The van der Waals surface area contributed by atoms with Crippen LogP contribution in [0.25, 0.3) is 0 Å². The molecule has 1 aromatic heterocycles. The van der Waals surface area contributed by atoms with Crippen LogP contribution in [-0.4, -0.2) is 10.9 Å². The highest BCUT2D eigenvalue weighted by atomic mass is 16.1. The van der Waals surface area contributed by atoms with E-state index in [2.05, 4.69) is 18.4 Å². The minimum atomic E-state index is 0.678. The van der Waals surface area contributed by atoms with Crippen LogP contribution in [0.3, 0.4) is 0 Å². The first-order valence-electron chi connectivity index (χ1n) is 4.37. The number of hydrogen-bond acceptors (Lipinski definition) is 1. The first-order chi connectivity index (χ1) is 5.76. The number of aromatic nitrogens is 1. The molecular weight excluding hydrogens is 150 g/mol. The molecule has 0 aliphatic carbocycles. The van der Waals surface area contributed by atoms with Crippen molar-refractivity contribution >= 4 is 6.29 Å². The van der Waals surface area contributed by atoms with E-state index in [-0.39, 0.29) is 0 Å². The predicted octanol–water partition coefficient (Wildman–Crippen LogP) is 2.35. The Morgan fingerprint density at radius 3 is 2.92 bits per heavy atom. The monoisotopic (exact) mass is 165 g/mol. The molecule has 1 aromatic rings. The van der Waals surface area contributed by atoms with Crippen LogP contribution in [0.1, 0.15) is 30.6 Å². The standard InChI is InChI=1S/C10H15NO/c1-3-9(2)6-11-5-4-10(7-11)8-12/h4-5,7-9H,3,6H2,1-2H3/t9-/m0/s1. The Bertz CT molecular complexity index is 252. The molecule has 0 aliphatic rings. The van der Waals surface area contributed by atoms with Crippen molar-refractivity contribution in [2.75, 3.05) is 0 Å². The maximum Gasteiger partial charge on any atom is 0.151 e. The smallest absolute Gasteiger partial charge is 0.151 e. The number of rotatable bonds is 4. The van der Waals surface area contributed by atoms with Crippen LogP contribution >= 0.6 is 0 Å². The summed E-state index contributed by atoms with van der Waals surface area (Å²) in [6, 6.07) is 1.84. The van der Waals surface area contributed by atoms with Gasteiger partial charge in [0.1, 0.15) is 0 Å². The molecule has 0 aliphatic heterocycles. The molecule has 1 heterocycles. The lowest BCUT2D eigenvalue weighted by Gasteiger charge is -2.08. The van der Waals surface area contributed by atoms with Crippen molar-refractivity contribution in [3.63, 3.8) is 0 Å². The van der Waals surface area contributed by atoms with Crippen LogP contribution in [0.4, 0.5) is 0 Å². The number of carbonyl (C=O) groups excluding carboxylic acids is 1. The van der Waals surface area contributed by atoms with Crippen molar-refractivity contribution in [2.45, 2.75) is 26.8 Å². The summed E-state index contributed by atoms with van der Waals surface area (Å²) >= 11 is 0. The van der Waals surface area contributed by atoms with E-state index in [0.717, 1.165) is 18.4 Å². The average molecular weight is 165 g/mol. The van der Waals surface area contributed by atoms with Gasteiger partial charge in [-0.3, -0.25) is 4.79 Å². The van der Waals surface area contributed by atoms with Crippen molar-refractivity contribution in [2.24, 2.45) is 5.92 Å². The van der Waals surface area contributed by atoms with E-state index in [9.17, 15) is 4.79 Å². The lowest BCUT2D eigenvalue weighted by Crippen LogP contribution is -2.03. The zero-order valence-electron chi connectivity index (χ0n) is 7.66. The number of carbonyl (C=O) groups is 1. The highest BCUT2D eigenvalue weighted by Crippen LogP contribution is 2.06. The molecular formula is C10H15NO.